The maximum absolute atomic E-state index is 4.90. The summed E-state index contributed by atoms with van der Waals surface area (Å²) in [5.41, 5.74) is 6.00. The molecular formula is C24H29N3. The molecule has 0 N–H and O–H groups in total. The van der Waals surface area contributed by atoms with Crippen molar-refractivity contribution in [1.29, 1.82) is 0 Å². The van der Waals surface area contributed by atoms with Crippen molar-refractivity contribution in [3.8, 4) is 11.1 Å². The van der Waals surface area contributed by atoms with Gasteiger partial charge in [0, 0.05) is 49.9 Å². The van der Waals surface area contributed by atoms with E-state index in [0.29, 0.717) is 0 Å². The van der Waals surface area contributed by atoms with Crippen LogP contribution in [0, 0.1) is 0 Å². The van der Waals surface area contributed by atoms with Gasteiger partial charge in [0.15, 0.2) is 0 Å². The van der Waals surface area contributed by atoms with Gasteiger partial charge < -0.3 is 9.80 Å². The SMILES string of the molecule is C[C@@H]1CCCN1CCc1ccc2cc(-c3ccc(N(C)C)cc3)ccc2n1. The van der Waals surface area contributed by atoms with Gasteiger partial charge in [0.1, 0.15) is 0 Å². The van der Waals surface area contributed by atoms with Crippen LogP contribution >= 0.6 is 0 Å². The summed E-state index contributed by atoms with van der Waals surface area (Å²) in [6, 6.07) is 20.5. The van der Waals surface area contributed by atoms with Crippen LogP contribution in [0.5, 0.6) is 0 Å². The zero-order chi connectivity index (χ0) is 18.8. The summed E-state index contributed by atoms with van der Waals surface area (Å²) in [4.78, 5) is 9.61. The molecule has 2 heterocycles. The summed E-state index contributed by atoms with van der Waals surface area (Å²) in [5.74, 6) is 0. The predicted octanol–water partition coefficient (Wildman–Crippen LogP) is 4.99. The second-order valence-corrected chi connectivity index (χ2v) is 7.93. The number of anilines is 1. The van der Waals surface area contributed by atoms with E-state index in [-0.39, 0.29) is 0 Å². The molecule has 0 saturated carbocycles. The van der Waals surface area contributed by atoms with Crippen LogP contribution in [0.15, 0.2) is 54.6 Å². The first-order chi connectivity index (χ1) is 13.1. The van der Waals surface area contributed by atoms with Gasteiger partial charge in [-0.3, -0.25) is 4.98 Å². The molecule has 1 aliphatic heterocycles. The molecular weight excluding hydrogens is 330 g/mol. The molecule has 0 amide bonds. The summed E-state index contributed by atoms with van der Waals surface area (Å²) in [7, 11) is 4.14. The number of hydrogen-bond donors (Lipinski definition) is 0. The van der Waals surface area contributed by atoms with Crippen molar-refractivity contribution in [3.63, 3.8) is 0 Å². The Balaban J connectivity index is 1.51. The quantitative estimate of drug-likeness (QED) is 0.639. The van der Waals surface area contributed by atoms with Crippen LogP contribution in [-0.2, 0) is 6.42 Å². The minimum atomic E-state index is 0.729. The Hall–Kier alpha value is -2.39. The highest BCUT2D eigenvalue weighted by Gasteiger charge is 2.19. The Kier molecular flexibility index (Phi) is 5.13. The standard InChI is InChI=1S/C24H29N3/c1-18-5-4-15-27(18)16-14-22-10-6-21-17-20(9-13-24(21)25-22)19-7-11-23(12-8-19)26(2)3/h6-13,17-18H,4-5,14-16H2,1-3H3/t18-/m1/s1. The van der Waals surface area contributed by atoms with Gasteiger partial charge in [0.25, 0.3) is 0 Å². The molecule has 1 fully saturated rings. The molecule has 3 nitrogen and oxygen atoms in total. The molecule has 2 aromatic carbocycles. The van der Waals surface area contributed by atoms with Gasteiger partial charge >= 0.3 is 0 Å². The van der Waals surface area contributed by atoms with Gasteiger partial charge in [-0.1, -0.05) is 24.3 Å². The lowest BCUT2D eigenvalue weighted by atomic mass is 10.0. The summed E-state index contributed by atoms with van der Waals surface area (Å²) in [6.07, 6.45) is 3.71. The Bertz CT molecular complexity index is 915. The highest BCUT2D eigenvalue weighted by atomic mass is 15.2. The van der Waals surface area contributed by atoms with E-state index in [2.05, 4.69) is 85.4 Å². The monoisotopic (exact) mass is 359 g/mol. The maximum Gasteiger partial charge on any atom is 0.0705 e. The maximum atomic E-state index is 4.90. The molecule has 3 aromatic rings. The molecule has 27 heavy (non-hydrogen) atoms. The molecule has 1 aliphatic rings. The molecule has 4 rings (SSSR count). The van der Waals surface area contributed by atoms with Crippen LogP contribution in [0.25, 0.3) is 22.0 Å². The zero-order valence-electron chi connectivity index (χ0n) is 16.7. The number of nitrogens with zero attached hydrogens (tertiary/aromatic N) is 3. The van der Waals surface area contributed by atoms with E-state index < -0.39 is 0 Å². The molecule has 0 bridgehead atoms. The van der Waals surface area contributed by atoms with Crippen LogP contribution in [0.2, 0.25) is 0 Å². The summed E-state index contributed by atoms with van der Waals surface area (Å²) < 4.78 is 0. The highest BCUT2D eigenvalue weighted by molar-refractivity contribution is 5.84. The van der Waals surface area contributed by atoms with E-state index in [9.17, 15) is 0 Å². The number of pyridine rings is 1. The molecule has 0 radical (unpaired) electrons. The van der Waals surface area contributed by atoms with E-state index in [1.54, 1.807) is 0 Å². The number of aromatic nitrogens is 1. The highest BCUT2D eigenvalue weighted by Crippen LogP contribution is 2.26. The smallest absolute Gasteiger partial charge is 0.0705 e. The number of hydrogen-bond acceptors (Lipinski definition) is 3. The number of rotatable bonds is 5. The van der Waals surface area contributed by atoms with Crippen molar-refractivity contribution in [2.24, 2.45) is 0 Å². The van der Waals surface area contributed by atoms with Crippen LogP contribution in [0.3, 0.4) is 0 Å². The molecule has 140 valence electrons. The fourth-order valence-electron chi connectivity index (χ4n) is 4.02. The van der Waals surface area contributed by atoms with Crippen LogP contribution in [0.4, 0.5) is 5.69 Å². The van der Waals surface area contributed by atoms with Gasteiger partial charge in [0.05, 0.1) is 5.52 Å². The van der Waals surface area contributed by atoms with Crippen molar-refractivity contribution in [1.82, 2.24) is 9.88 Å². The predicted molar refractivity (Wildman–Crippen MR) is 115 cm³/mol. The molecule has 1 atom stereocenters. The molecule has 0 unspecified atom stereocenters. The lowest BCUT2D eigenvalue weighted by molar-refractivity contribution is 0.271. The van der Waals surface area contributed by atoms with Crippen LogP contribution in [0.1, 0.15) is 25.5 Å². The van der Waals surface area contributed by atoms with Crippen molar-refractivity contribution >= 4 is 16.6 Å². The van der Waals surface area contributed by atoms with Gasteiger partial charge in [0.2, 0.25) is 0 Å². The van der Waals surface area contributed by atoms with E-state index in [0.717, 1.165) is 24.5 Å². The average Bonchev–Trinajstić information content (AvgIpc) is 3.10. The van der Waals surface area contributed by atoms with E-state index in [4.69, 9.17) is 4.98 Å². The summed E-state index contributed by atoms with van der Waals surface area (Å²) >= 11 is 0. The number of likely N-dealkylation sites (tertiary alicyclic amines) is 1. The second kappa shape index (κ2) is 7.69. The molecule has 1 saturated heterocycles. The molecule has 3 heteroatoms. The van der Waals surface area contributed by atoms with Crippen molar-refractivity contribution in [2.45, 2.75) is 32.2 Å². The van der Waals surface area contributed by atoms with Crippen molar-refractivity contribution < 1.29 is 0 Å². The Morgan fingerprint density at radius 1 is 1.00 bits per heavy atom. The fourth-order valence-corrected chi connectivity index (χ4v) is 4.02. The summed E-state index contributed by atoms with van der Waals surface area (Å²) in [5, 5.41) is 1.21. The lowest BCUT2D eigenvalue weighted by Crippen LogP contribution is -2.29. The zero-order valence-corrected chi connectivity index (χ0v) is 16.7. The minimum Gasteiger partial charge on any atom is -0.378 e. The van der Waals surface area contributed by atoms with Crippen molar-refractivity contribution in [2.75, 3.05) is 32.1 Å². The first-order valence-corrected chi connectivity index (χ1v) is 10.0. The average molecular weight is 360 g/mol. The fraction of sp³-hybridized carbons (Fsp3) is 0.375. The van der Waals surface area contributed by atoms with Gasteiger partial charge in [-0.15, -0.1) is 0 Å². The third-order valence-corrected chi connectivity index (χ3v) is 5.81. The first-order valence-electron chi connectivity index (χ1n) is 10.0. The number of fused-ring (bicyclic) bond motifs is 1. The van der Waals surface area contributed by atoms with E-state index in [1.165, 1.54) is 47.3 Å². The topological polar surface area (TPSA) is 19.4 Å². The van der Waals surface area contributed by atoms with E-state index in [1.807, 2.05) is 0 Å². The van der Waals surface area contributed by atoms with E-state index >= 15 is 0 Å². The molecule has 0 spiro atoms. The third-order valence-electron chi connectivity index (χ3n) is 5.81. The Morgan fingerprint density at radius 2 is 1.78 bits per heavy atom. The minimum absolute atomic E-state index is 0.729. The van der Waals surface area contributed by atoms with Crippen LogP contribution < -0.4 is 4.90 Å². The lowest BCUT2D eigenvalue weighted by Gasteiger charge is -2.20. The second-order valence-electron chi connectivity index (χ2n) is 7.93. The Labute approximate surface area is 162 Å². The molecule has 1 aromatic heterocycles. The third kappa shape index (κ3) is 3.98. The van der Waals surface area contributed by atoms with Gasteiger partial charge in [-0.05, 0) is 67.8 Å². The van der Waals surface area contributed by atoms with Gasteiger partial charge in [-0.25, -0.2) is 0 Å². The normalized spacial score (nSPS) is 17.5. The Morgan fingerprint density at radius 3 is 2.48 bits per heavy atom. The first kappa shape index (κ1) is 18.0. The largest absolute Gasteiger partial charge is 0.378 e. The van der Waals surface area contributed by atoms with Gasteiger partial charge in [-0.2, -0.15) is 0 Å². The number of benzene rings is 2. The van der Waals surface area contributed by atoms with Crippen molar-refractivity contribution in [3.05, 3.63) is 60.3 Å². The molecule has 0 aliphatic carbocycles. The summed E-state index contributed by atoms with van der Waals surface area (Å²) in [6.45, 7) is 4.70. The van der Waals surface area contributed by atoms with Crippen LogP contribution in [-0.4, -0.2) is 43.1 Å².